The molecule has 35 heavy (non-hydrogen) atoms. The van der Waals surface area contributed by atoms with Crippen molar-refractivity contribution in [1.82, 2.24) is 9.80 Å². The van der Waals surface area contributed by atoms with E-state index in [0.717, 1.165) is 49.3 Å². The third-order valence-electron chi connectivity index (χ3n) is 7.98. The first-order valence-corrected chi connectivity index (χ1v) is 14.2. The van der Waals surface area contributed by atoms with Gasteiger partial charge >= 0.3 is 6.03 Å². The molecule has 2 saturated heterocycles. The van der Waals surface area contributed by atoms with E-state index in [9.17, 15) is 13.2 Å². The molecule has 3 heterocycles. The van der Waals surface area contributed by atoms with Gasteiger partial charge in [-0.1, -0.05) is 18.2 Å². The number of urea groups is 1. The van der Waals surface area contributed by atoms with Gasteiger partial charge in [-0.05, 0) is 69.3 Å². The van der Waals surface area contributed by atoms with E-state index < -0.39 is 10.0 Å². The molecule has 2 aromatic rings. The van der Waals surface area contributed by atoms with Crippen LogP contribution < -0.4 is 14.5 Å². The number of para-hydroxylation sites is 1. The van der Waals surface area contributed by atoms with Crippen LogP contribution in [0.15, 0.2) is 48.5 Å². The summed E-state index contributed by atoms with van der Waals surface area (Å²) in [5.41, 5.74) is 3.60. The Morgan fingerprint density at radius 3 is 2.34 bits per heavy atom. The summed E-state index contributed by atoms with van der Waals surface area (Å²) in [4.78, 5) is 19.5. The van der Waals surface area contributed by atoms with Gasteiger partial charge in [0, 0.05) is 55.6 Å². The van der Waals surface area contributed by atoms with Crippen LogP contribution in [-0.2, 0) is 15.4 Å². The van der Waals surface area contributed by atoms with Gasteiger partial charge in [0.05, 0.1) is 11.9 Å². The SMILES string of the molecule is CN(C)C1CCN(c2ccc(NC(=O)N3CCC4(CC3)CN(S(C)(=O)=O)c3ccccc34)cc2)C1. The Balaban J connectivity index is 1.20. The molecule has 3 aliphatic rings. The van der Waals surface area contributed by atoms with Crippen LogP contribution in [0.5, 0.6) is 0 Å². The van der Waals surface area contributed by atoms with Gasteiger partial charge in [-0.3, -0.25) is 4.31 Å². The molecule has 1 atom stereocenters. The van der Waals surface area contributed by atoms with Crippen molar-refractivity contribution in [3.63, 3.8) is 0 Å². The summed E-state index contributed by atoms with van der Waals surface area (Å²) in [6, 6.07) is 16.3. The molecule has 1 spiro atoms. The fraction of sp³-hybridized carbons (Fsp3) is 0.500. The van der Waals surface area contributed by atoms with Crippen molar-refractivity contribution < 1.29 is 13.2 Å². The molecule has 2 amide bonds. The molecule has 2 fully saturated rings. The summed E-state index contributed by atoms with van der Waals surface area (Å²) >= 11 is 0. The number of nitrogens with one attached hydrogen (secondary N) is 1. The quantitative estimate of drug-likeness (QED) is 0.702. The van der Waals surface area contributed by atoms with E-state index in [1.165, 1.54) is 16.2 Å². The van der Waals surface area contributed by atoms with E-state index >= 15 is 0 Å². The van der Waals surface area contributed by atoms with E-state index in [1.54, 1.807) is 0 Å². The molecule has 0 bridgehead atoms. The van der Waals surface area contributed by atoms with Crippen molar-refractivity contribution in [1.29, 1.82) is 0 Å². The second kappa shape index (κ2) is 9.02. The number of amides is 2. The fourth-order valence-corrected chi connectivity index (χ4v) is 6.80. The van der Waals surface area contributed by atoms with Crippen LogP contribution in [0.1, 0.15) is 24.8 Å². The van der Waals surface area contributed by atoms with Crippen molar-refractivity contribution >= 4 is 33.1 Å². The van der Waals surface area contributed by atoms with Gasteiger partial charge in [0.1, 0.15) is 0 Å². The van der Waals surface area contributed by atoms with Crippen LogP contribution in [0, 0.1) is 0 Å². The molecule has 0 saturated carbocycles. The van der Waals surface area contributed by atoms with Crippen LogP contribution in [0.2, 0.25) is 0 Å². The Hall–Kier alpha value is -2.78. The lowest BCUT2D eigenvalue weighted by molar-refractivity contribution is 0.173. The molecule has 0 aromatic heterocycles. The zero-order valence-corrected chi connectivity index (χ0v) is 21.6. The summed E-state index contributed by atoms with van der Waals surface area (Å²) in [6.07, 6.45) is 3.91. The monoisotopic (exact) mass is 497 g/mol. The number of nitrogens with zero attached hydrogens (tertiary/aromatic N) is 4. The average molecular weight is 498 g/mol. The molecule has 1 N–H and O–H groups in total. The second-order valence-electron chi connectivity index (χ2n) is 10.4. The van der Waals surface area contributed by atoms with Crippen LogP contribution in [0.4, 0.5) is 21.9 Å². The molecule has 188 valence electrons. The first kappa shape index (κ1) is 23.9. The minimum atomic E-state index is -3.34. The summed E-state index contributed by atoms with van der Waals surface area (Å²) in [7, 11) is 0.910. The van der Waals surface area contributed by atoms with Crippen LogP contribution >= 0.6 is 0 Å². The lowest BCUT2D eigenvalue weighted by Gasteiger charge is -2.39. The van der Waals surface area contributed by atoms with E-state index in [1.807, 2.05) is 41.3 Å². The number of likely N-dealkylation sites (N-methyl/N-ethyl adjacent to an activating group) is 1. The number of sulfonamides is 1. The largest absolute Gasteiger partial charge is 0.370 e. The van der Waals surface area contributed by atoms with E-state index in [-0.39, 0.29) is 11.4 Å². The normalized spacial score (nSPS) is 21.6. The molecule has 5 rings (SSSR count). The van der Waals surface area contributed by atoms with Crippen molar-refractivity contribution in [3.8, 4) is 0 Å². The number of likely N-dealkylation sites (tertiary alicyclic amines) is 1. The fourth-order valence-electron chi connectivity index (χ4n) is 5.80. The van der Waals surface area contributed by atoms with Gasteiger partial charge in [-0.2, -0.15) is 0 Å². The van der Waals surface area contributed by atoms with Gasteiger partial charge in [0.25, 0.3) is 0 Å². The summed E-state index contributed by atoms with van der Waals surface area (Å²) in [6.45, 7) is 3.70. The van der Waals surface area contributed by atoms with Gasteiger partial charge in [-0.15, -0.1) is 0 Å². The molecule has 1 unspecified atom stereocenters. The highest BCUT2D eigenvalue weighted by molar-refractivity contribution is 7.92. The first-order valence-electron chi connectivity index (χ1n) is 12.3. The zero-order chi connectivity index (χ0) is 24.8. The van der Waals surface area contributed by atoms with E-state index in [4.69, 9.17) is 0 Å². The predicted octanol–water partition coefficient (Wildman–Crippen LogP) is 3.17. The van der Waals surface area contributed by atoms with Gasteiger partial charge in [0.15, 0.2) is 0 Å². The number of fused-ring (bicyclic) bond motifs is 2. The van der Waals surface area contributed by atoms with Crippen LogP contribution in [0.3, 0.4) is 0 Å². The van der Waals surface area contributed by atoms with Crippen LogP contribution in [-0.4, -0.2) is 83.4 Å². The van der Waals surface area contributed by atoms with Gasteiger partial charge < -0.3 is 20.0 Å². The standard InChI is InChI=1S/C26H35N5O3S/c1-28(2)22-12-15-30(18-22)21-10-8-20(9-11-21)27-25(32)29-16-13-26(14-17-29)19-31(35(3,33)34)24-7-5-4-6-23(24)26/h4-11,22H,12-19H2,1-3H3,(H,27,32). The van der Waals surface area contributed by atoms with Crippen molar-refractivity contribution in [2.24, 2.45) is 0 Å². The minimum Gasteiger partial charge on any atom is -0.370 e. The Kier molecular flexibility index (Phi) is 6.17. The maximum Gasteiger partial charge on any atom is 0.321 e. The first-order chi connectivity index (χ1) is 16.7. The number of rotatable bonds is 4. The van der Waals surface area contributed by atoms with E-state index in [2.05, 4.69) is 41.3 Å². The lowest BCUT2D eigenvalue weighted by atomic mass is 9.74. The number of benzene rings is 2. The predicted molar refractivity (Wildman–Crippen MR) is 141 cm³/mol. The number of hydrogen-bond acceptors (Lipinski definition) is 5. The number of carbonyl (C=O) groups excluding carboxylic acids is 1. The summed E-state index contributed by atoms with van der Waals surface area (Å²) < 4.78 is 26.3. The topological polar surface area (TPSA) is 76.2 Å². The molecule has 2 aromatic carbocycles. The maximum absolute atomic E-state index is 13.0. The highest BCUT2D eigenvalue weighted by Gasteiger charge is 2.47. The molecule has 0 radical (unpaired) electrons. The number of anilines is 3. The molecular weight excluding hydrogens is 462 g/mol. The third kappa shape index (κ3) is 4.59. The molecule has 8 nitrogen and oxygen atoms in total. The summed E-state index contributed by atoms with van der Waals surface area (Å²) in [5, 5.41) is 3.04. The third-order valence-corrected chi connectivity index (χ3v) is 9.10. The highest BCUT2D eigenvalue weighted by Crippen LogP contribution is 2.47. The van der Waals surface area contributed by atoms with Crippen molar-refractivity contribution in [2.75, 3.05) is 67.6 Å². The number of carbonyl (C=O) groups is 1. The molecular formula is C26H35N5O3S. The maximum atomic E-state index is 13.0. The van der Waals surface area contributed by atoms with Crippen LogP contribution in [0.25, 0.3) is 0 Å². The second-order valence-corrected chi connectivity index (χ2v) is 12.3. The highest BCUT2D eigenvalue weighted by atomic mass is 32.2. The molecule has 0 aliphatic carbocycles. The Bertz CT molecular complexity index is 1190. The Labute approximate surface area is 208 Å². The zero-order valence-electron chi connectivity index (χ0n) is 20.8. The van der Waals surface area contributed by atoms with Gasteiger partial charge in [0.2, 0.25) is 10.0 Å². The lowest BCUT2D eigenvalue weighted by Crippen LogP contribution is -2.48. The summed E-state index contributed by atoms with van der Waals surface area (Å²) in [5.74, 6) is 0. The Morgan fingerprint density at radius 2 is 1.71 bits per heavy atom. The van der Waals surface area contributed by atoms with Crippen molar-refractivity contribution in [2.45, 2.75) is 30.7 Å². The smallest absolute Gasteiger partial charge is 0.321 e. The van der Waals surface area contributed by atoms with Crippen molar-refractivity contribution in [3.05, 3.63) is 54.1 Å². The number of piperidine rings is 1. The van der Waals surface area contributed by atoms with E-state index in [0.29, 0.717) is 25.7 Å². The average Bonchev–Trinajstić information content (AvgIpc) is 3.45. The molecule has 9 heteroatoms. The molecule has 3 aliphatic heterocycles. The van der Waals surface area contributed by atoms with Gasteiger partial charge in [-0.25, -0.2) is 13.2 Å². The number of hydrogen-bond donors (Lipinski definition) is 1. The Morgan fingerprint density at radius 1 is 1.03 bits per heavy atom. The minimum absolute atomic E-state index is 0.104.